The third-order valence-corrected chi connectivity index (χ3v) is 4.29. The molecule has 0 spiro atoms. The average molecular weight is 416 g/mol. The minimum atomic E-state index is -1.19. The van der Waals surface area contributed by atoms with Crippen molar-refractivity contribution in [1.82, 2.24) is 21.3 Å². The molecular formula is C19H37N5O5. The first kappa shape index (κ1) is 26.8. The van der Waals surface area contributed by atoms with E-state index in [0.29, 0.717) is 32.2 Å². The fraction of sp³-hybridized carbons (Fsp3) is 0.789. The van der Waals surface area contributed by atoms with Crippen LogP contribution in [0.3, 0.4) is 0 Å². The molecule has 0 aliphatic heterocycles. The van der Waals surface area contributed by atoms with Gasteiger partial charge in [-0.3, -0.25) is 19.2 Å². The summed E-state index contributed by atoms with van der Waals surface area (Å²) in [6.07, 6.45) is 0.853. The number of rotatable bonds is 13. The van der Waals surface area contributed by atoms with Crippen molar-refractivity contribution in [1.29, 1.82) is 0 Å². The summed E-state index contributed by atoms with van der Waals surface area (Å²) in [5.41, 5.74) is 5.51. The number of hydrogen-bond acceptors (Lipinski definition) is 6. The van der Waals surface area contributed by atoms with Gasteiger partial charge in [0.25, 0.3) is 0 Å². The number of carbonyl (C=O) groups is 4. The van der Waals surface area contributed by atoms with E-state index in [1.54, 1.807) is 0 Å². The first-order valence-electron chi connectivity index (χ1n) is 10.0. The van der Waals surface area contributed by atoms with Gasteiger partial charge in [-0.15, -0.1) is 0 Å². The largest absolute Gasteiger partial charge is 0.391 e. The molecule has 7 N–H and O–H groups in total. The lowest BCUT2D eigenvalue weighted by Crippen LogP contribution is -2.58. The van der Waals surface area contributed by atoms with Crippen molar-refractivity contribution < 1.29 is 24.3 Å². The molecule has 0 rings (SSSR count). The molecule has 0 saturated carbocycles. The Bertz CT molecular complexity index is 553. The molecule has 0 aliphatic carbocycles. The topological polar surface area (TPSA) is 163 Å². The van der Waals surface area contributed by atoms with Crippen molar-refractivity contribution in [2.75, 3.05) is 13.6 Å². The zero-order valence-electron chi connectivity index (χ0n) is 18.1. The lowest BCUT2D eigenvalue weighted by molar-refractivity contribution is -0.135. The molecule has 0 aromatic heterocycles. The van der Waals surface area contributed by atoms with Crippen LogP contribution in [0.2, 0.25) is 0 Å². The fourth-order valence-corrected chi connectivity index (χ4v) is 2.80. The van der Waals surface area contributed by atoms with Crippen LogP contribution in [0.1, 0.15) is 53.4 Å². The molecule has 1 unspecified atom stereocenters. The van der Waals surface area contributed by atoms with E-state index in [1.807, 2.05) is 13.8 Å². The summed E-state index contributed by atoms with van der Waals surface area (Å²) >= 11 is 0. The Labute approximate surface area is 172 Å². The van der Waals surface area contributed by atoms with Crippen molar-refractivity contribution in [3.8, 4) is 0 Å². The summed E-state index contributed by atoms with van der Waals surface area (Å²) < 4.78 is 0. The summed E-state index contributed by atoms with van der Waals surface area (Å²) in [6.45, 7) is 6.91. The molecule has 10 heteroatoms. The highest BCUT2D eigenvalue weighted by Crippen LogP contribution is 2.08. The Morgan fingerprint density at radius 1 is 0.897 bits per heavy atom. The Hall–Kier alpha value is -2.20. The van der Waals surface area contributed by atoms with Crippen LogP contribution in [0.5, 0.6) is 0 Å². The van der Waals surface area contributed by atoms with Crippen molar-refractivity contribution in [2.24, 2.45) is 11.7 Å². The van der Waals surface area contributed by atoms with Gasteiger partial charge in [0.05, 0.1) is 6.10 Å². The van der Waals surface area contributed by atoms with Crippen LogP contribution >= 0.6 is 0 Å². The average Bonchev–Trinajstić information content (AvgIpc) is 2.63. The number of amides is 4. The summed E-state index contributed by atoms with van der Waals surface area (Å²) in [6, 6.07) is -2.85. The Kier molecular flexibility index (Phi) is 12.8. The second-order valence-electron chi connectivity index (χ2n) is 7.57. The highest BCUT2D eigenvalue weighted by Gasteiger charge is 2.30. The maximum Gasteiger partial charge on any atom is 0.245 e. The van der Waals surface area contributed by atoms with Crippen LogP contribution in [0.25, 0.3) is 0 Å². The highest BCUT2D eigenvalue weighted by atomic mass is 16.3. The van der Waals surface area contributed by atoms with Gasteiger partial charge in [0.15, 0.2) is 0 Å². The van der Waals surface area contributed by atoms with E-state index < -0.39 is 42.0 Å². The third kappa shape index (κ3) is 10.8. The second kappa shape index (κ2) is 13.9. The summed E-state index contributed by atoms with van der Waals surface area (Å²) in [5, 5.41) is 20.0. The lowest BCUT2D eigenvalue weighted by Gasteiger charge is -2.26. The molecule has 0 aliphatic rings. The van der Waals surface area contributed by atoms with Crippen LogP contribution in [-0.2, 0) is 19.2 Å². The molecule has 4 atom stereocenters. The molecule has 0 aromatic rings. The number of hydrogen-bond donors (Lipinski definition) is 6. The van der Waals surface area contributed by atoms with E-state index in [-0.39, 0.29) is 11.8 Å². The Morgan fingerprint density at radius 3 is 1.93 bits per heavy atom. The van der Waals surface area contributed by atoms with Crippen molar-refractivity contribution in [2.45, 2.75) is 77.6 Å². The number of aliphatic hydroxyl groups excluding tert-OH is 1. The minimum Gasteiger partial charge on any atom is -0.391 e. The van der Waals surface area contributed by atoms with Crippen molar-refractivity contribution >= 4 is 23.6 Å². The van der Waals surface area contributed by atoms with E-state index in [9.17, 15) is 24.3 Å². The van der Waals surface area contributed by atoms with Gasteiger partial charge in [0.2, 0.25) is 23.6 Å². The van der Waals surface area contributed by atoms with Crippen molar-refractivity contribution in [3.63, 3.8) is 0 Å². The molecule has 0 fully saturated rings. The summed E-state index contributed by atoms with van der Waals surface area (Å²) in [4.78, 5) is 48.8. The molecule has 10 nitrogen and oxygen atoms in total. The third-order valence-electron chi connectivity index (χ3n) is 4.29. The molecule has 0 heterocycles. The van der Waals surface area contributed by atoms with Gasteiger partial charge in [0, 0.05) is 14.0 Å². The van der Waals surface area contributed by atoms with E-state index in [4.69, 9.17) is 5.73 Å². The minimum absolute atomic E-state index is 0.169. The van der Waals surface area contributed by atoms with Crippen LogP contribution in [-0.4, -0.2) is 66.6 Å². The maximum atomic E-state index is 12.8. The molecule has 29 heavy (non-hydrogen) atoms. The van der Waals surface area contributed by atoms with Crippen molar-refractivity contribution in [3.05, 3.63) is 0 Å². The lowest BCUT2D eigenvalue weighted by atomic mass is 10.0. The Balaban J connectivity index is 5.35. The number of unbranched alkanes of at least 4 members (excludes halogenated alkanes) is 1. The summed E-state index contributed by atoms with van der Waals surface area (Å²) in [5.74, 6) is -1.81. The van der Waals surface area contributed by atoms with E-state index in [1.165, 1.54) is 20.9 Å². The monoisotopic (exact) mass is 415 g/mol. The van der Waals surface area contributed by atoms with Gasteiger partial charge in [-0.2, -0.15) is 0 Å². The smallest absolute Gasteiger partial charge is 0.245 e. The molecule has 0 saturated heterocycles. The quantitative estimate of drug-likeness (QED) is 0.206. The fourth-order valence-electron chi connectivity index (χ4n) is 2.80. The highest BCUT2D eigenvalue weighted by molar-refractivity contribution is 5.94. The predicted octanol–water partition coefficient (Wildman–Crippen LogP) is -1.24. The number of likely N-dealkylation sites (N-methyl/N-ethyl adjacent to an activating group) is 1. The number of carbonyl (C=O) groups excluding carboxylic acids is 4. The molecule has 0 bridgehead atoms. The van der Waals surface area contributed by atoms with Gasteiger partial charge in [-0.25, -0.2) is 0 Å². The summed E-state index contributed by atoms with van der Waals surface area (Å²) in [7, 11) is 1.49. The predicted molar refractivity (Wildman–Crippen MR) is 110 cm³/mol. The molecule has 168 valence electrons. The van der Waals surface area contributed by atoms with Gasteiger partial charge in [0.1, 0.15) is 18.1 Å². The van der Waals surface area contributed by atoms with Gasteiger partial charge in [-0.05, 0) is 45.1 Å². The van der Waals surface area contributed by atoms with Crippen LogP contribution in [0.4, 0.5) is 0 Å². The van der Waals surface area contributed by atoms with Gasteiger partial charge in [-0.1, -0.05) is 13.8 Å². The number of nitrogens with two attached hydrogens (primary N) is 1. The van der Waals surface area contributed by atoms with Crippen LogP contribution < -0.4 is 27.0 Å². The zero-order chi connectivity index (χ0) is 22.6. The SMILES string of the molecule is CNC(=O)[C@@H](CC(C)C)NC(=O)[C@H](CCCCN)NC(=O)[C@H](NC(C)=O)C(C)O. The second-order valence-corrected chi connectivity index (χ2v) is 7.57. The van der Waals surface area contributed by atoms with E-state index >= 15 is 0 Å². The molecule has 0 aromatic carbocycles. The van der Waals surface area contributed by atoms with Crippen LogP contribution in [0, 0.1) is 5.92 Å². The maximum absolute atomic E-state index is 12.8. The standard InChI is InChI=1S/C19H37N5O5/c1-11(2)10-15(17(27)21-5)24-18(28)14(8-6-7-9-20)23-19(29)16(12(3)25)22-13(4)26/h11-12,14-16,25H,6-10,20H2,1-5H3,(H,21,27)(H,22,26)(H,23,29)(H,24,28)/t12?,14-,15+,16+/m0/s1. The first-order valence-corrected chi connectivity index (χ1v) is 10.0. The molecule has 0 radical (unpaired) electrons. The number of nitrogens with one attached hydrogen (secondary N) is 4. The van der Waals surface area contributed by atoms with Gasteiger partial charge < -0.3 is 32.1 Å². The Morgan fingerprint density at radius 2 is 1.48 bits per heavy atom. The van der Waals surface area contributed by atoms with E-state index in [0.717, 1.165) is 0 Å². The van der Waals surface area contributed by atoms with E-state index in [2.05, 4.69) is 21.3 Å². The normalized spacial score (nSPS) is 15.0. The first-order chi connectivity index (χ1) is 13.5. The molecular weight excluding hydrogens is 378 g/mol. The van der Waals surface area contributed by atoms with Crippen LogP contribution in [0.15, 0.2) is 0 Å². The zero-order valence-corrected chi connectivity index (χ0v) is 18.1. The molecule has 4 amide bonds. The number of aliphatic hydroxyl groups is 1. The van der Waals surface area contributed by atoms with Gasteiger partial charge >= 0.3 is 0 Å².